The summed E-state index contributed by atoms with van der Waals surface area (Å²) < 4.78 is 47.0. The Bertz CT molecular complexity index is 1700. The third kappa shape index (κ3) is 5.10. The molecule has 4 N–H and O–H groups in total. The molecule has 1 aliphatic rings. The number of pyridine rings is 1. The number of nitrogen functional groups attached to an aromatic ring is 1. The first kappa shape index (κ1) is 28.8. The number of alkyl halides is 3. The van der Waals surface area contributed by atoms with Crippen molar-refractivity contribution in [3.8, 4) is 17.0 Å². The molecule has 1 aliphatic carbocycles. The fourth-order valence-electron chi connectivity index (χ4n) is 5.64. The van der Waals surface area contributed by atoms with E-state index in [0.29, 0.717) is 47.6 Å². The number of carbonyl (C=O) groups excluding carboxylic acids is 1. The van der Waals surface area contributed by atoms with E-state index in [1.165, 1.54) is 12.1 Å². The molecule has 3 heterocycles. The van der Waals surface area contributed by atoms with E-state index in [1.54, 1.807) is 32.3 Å². The van der Waals surface area contributed by atoms with Crippen molar-refractivity contribution in [2.75, 3.05) is 17.7 Å². The molecule has 0 spiro atoms. The van der Waals surface area contributed by atoms with Crippen LogP contribution in [0.3, 0.4) is 0 Å². The van der Waals surface area contributed by atoms with Gasteiger partial charge in [0.15, 0.2) is 0 Å². The zero-order chi connectivity index (χ0) is 30.4. The van der Waals surface area contributed by atoms with E-state index >= 15 is 0 Å². The quantitative estimate of drug-likeness (QED) is 0.256. The van der Waals surface area contributed by atoms with E-state index in [-0.39, 0.29) is 23.8 Å². The number of carbonyl (C=O) groups is 2. The number of benzene rings is 1. The normalized spacial score (nSPS) is 20.5. The van der Waals surface area contributed by atoms with Gasteiger partial charge in [-0.25, -0.2) is 15.0 Å². The minimum atomic E-state index is -4.59. The molecule has 5 rings (SSSR count). The van der Waals surface area contributed by atoms with Gasteiger partial charge in [0.1, 0.15) is 34.4 Å². The zero-order valence-corrected chi connectivity index (χ0v) is 23.1. The lowest BCUT2D eigenvalue weighted by molar-refractivity contribution is -0.147. The Morgan fingerprint density at radius 2 is 1.90 bits per heavy atom. The van der Waals surface area contributed by atoms with E-state index in [4.69, 9.17) is 15.5 Å². The van der Waals surface area contributed by atoms with Crippen molar-refractivity contribution in [3.05, 3.63) is 65.9 Å². The average molecular weight is 583 g/mol. The number of halogens is 3. The van der Waals surface area contributed by atoms with Crippen LogP contribution in [-0.4, -0.2) is 42.9 Å². The summed E-state index contributed by atoms with van der Waals surface area (Å²) in [6, 6.07) is 6.16. The van der Waals surface area contributed by atoms with Crippen molar-refractivity contribution in [3.63, 3.8) is 0 Å². The fraction of sp³-hybridized carbons (Fsp3) is 0.345. The number of carboxylic acids is 1. The number of carboxylic acid groups (broad SMARTS) is 1. The molecule has 1 fully saturated rings. The highest BCUT2D eigenvalue weighted by atomic mass is 19.4. The van der Waals surface area contributed by atoms with E-state index in [2.05, 4.69) is 15.3 Å². The topological polar surface area (TPSA) is 145 Å². The highest BCUT2D eigenvalue weighted by Crippen LogP contribution is 2.51. The van der Waals surface area contributed by atoms with Gasteiger partial charge in [-0.15, -0.1) is 0 Å². The summed E-state index contributed by atoms with van der Waals surface area (Å²) in [5.41, 5.74) is 5.48. The molecule has 0 radical (unpaired) electrons. The van der Waals surface area contributed by atoms with E-state index in [9.17, 15) is 27.9 Å². The molecule has 220 valence electrons. The standard InChI is InChI=1S/C29H29F3N6O4/c1-4-42-19-13-16(24(39)36-20-14-17(7-10-34-20)29(30,31)32)5-6-18(19)21-22-23(33)35-11-12-38(22)25(37-21)27(2)8-9-28(3,15-27)26(40)41/h5-7,10-14H,4,8-9,15H2,1-3H3,(H2,33,35)(H,40,41)(H,34,36,39)/t27-,28-/m0/s1. The number of rotatable bonds is 7. The van der Waals surface area contributed by atoms with Gasteiger partial charge >= 0.3 is 12.1 Å². The Hall–Kier alpha value is -4.68. The lowest BCUT2D eigenvalue weighted by Crippen LogP contribution is -2.29. The summed E-state index contributed by atoms with van der Waals surface area (Å²) in [5.74, 6) is -0.665. The first-order chi connectivity index (χ1) is 19.8. The molecule has 1 saturated carbocycles. The predicted molar refractivity (Wildman–Crippen MR) is 148 cm³/mol. The van der Waals surface area contributed by atoms with Gasteiger partial charge in [0.25, 0.3) is 5.91 Å². The number of amides is 1. The van der Waals surface area contributed by atoms with Crippen LogP contribution in [0.5, 0.6) is 5.75 Å². The summed E-state index contributed by atoms with van der Waals surface area (Å²) in [5, 5.41) is 12.2. The van der Waals surface area contributed by atoms with Crippen molar-refractivity contribution in [1.29, 1.82) is 0 Å². The number of imidazole rings is 1. The fourth-order valence-corrected chi connectivity index (χ4v) is 5.64. The zero-order valence-electron chi connectivity index (χ0n) is 23.1. The van der Waals surface area contributed by atoms with Crippen molar-refractivity contribution < 1.29 is 32.6 Å². The summed E-state index contributed by atoms with van der Waals surface area (Å²) in [7, 11) is 0. The van der Waals surface area contributed by atoms with E-state index in [0.717, 1.165) is 18.3 Å². The second kappa shape index (κ2) is 10.3. The molecule has 1 aromatic carbocycles. The summed E-state index contributed by atoms with van der Waals surface area (Å²) in [6.45, 7) is 5.73. The Balaban J connectivity index is 1.56. The average Bonchev–Trinajstić information content (AvgIpc) is 3.48. The SMILES string of the molecule is CCOc1cc(C(=O)Nc2cc(C(F)(F)F)ccn2)ccc1-c1nc([C@@]2(C)CC[C@](C)(C(=O)O)C2)n2ccnc(N)c12. The maximum absolute atomic E-state index is 13.1. The van der Waals surface area contributed by atoms with Gasteiger partial charge in [0.05, 0.1) is 17.6 Å². The third-order valence-electron chi connectivity index (χ3n) is 7.78. The summed E-state index contributed by atoms with van der Waals surface area (Å²) >= 11 is 0. The Labute approximate surface area is 238 Å². The number of ether oxygens (including phenoxy) is 1. The Morgan fingerprint density at radius 1 is 1.14 bits per heavy atom. The molecule has 0 unspecified atom stereocenters. The van der Waals surface area contributed by atoms with Crippen molar-refractivity contribution >= 4 is 29.0 Å². The number of nitrogens with two attached hydrogens (primary N) is 1. The number of nitrogens with zero attached hydrogens (tertiary/aromatic N) is 4. The second-order valence-corrected chi connectivity index (χ2v) is 10.9. The second-order valence-electron chi connectivity index (χ2n) is 10.9. The van der Waals surface area contributed by atoms with Crippen LogP contribution >= 0.6 is 0 Å². The van der Waals surface area contributed by atoms with Gasteiger partial charge in [-0.2, -0.15) is 13.2 Å². The van der Waals surface area contributed by atoms with Crippen molar-refractivity contribution in [1.82, 2.24) is 19.4 Å². The van der Waals surface area contributed by atoms with Crippen LogP contribution in [0, 0.1) is 5.41 Å². The lowest BCUT2D eigenvalue weighted by Gasteiger charge is -2.25. The predicted octanol–water partition coefficient (Wildman–Crippen LogP) is 5.58. The van der Waals surface area contributed by atoms with E-state index in [1.807, 2.05) is 11.3 Å². The third-order valence-corrected chi connectivity index (χ3v) is 7.78. The number of aromatic nitrogens is 4. The number of nitrogens with one attached hydrogen (secondary N) is 1. The van der Waals surface area contributed by atoms with Crippen LogP contribution < -0.4 is 15.8 Å². The highest BCUT2D eigenvalue weighted by Gasteiger charge is 2.50. The van der Waals surface area contributed by atoms with Crippen LogP contribution in [0.15, 0.2) is 48.9 Å². The van der Waals surface area contributed by atoms with Gasteiger partial charge in [-0.3, -0.25) is 14.0 Å². The first-order valence-electron chi connectivity index (χ1n) is 13.2. The molecule has 42 heavy (non-hydrogen) atoms. The molecule has 0 bridgehead atoms. The van der Waals surface area contributed by atoms with Crippen molar-refractivity contribution in [2.24, 2.45) is 5.41 Å². The van der Waals surface area contributed by atoms with Crippen LogP contribution in [0.1, 0.15) is 61.8 Å². The van der Waals surface area contributed by atoms with Crippen molar-refractivity contribution in [2.45, 2.75) is 51.6 Å². The molecule has 2 atom stereocenters. The summed E-state index contributed by atoms with van der Waals surface area (Å²) in [6.07, 6.45) is 1.11. The monoisotopic (exact) mass is 582 g/mol. The largest absolute Gasteiger partial charge is 0.493 e. The number of fused-ring (bicyclic) bond motifs is 1. The summed E-state index contributed by atoms with van der Waals surface area (Å²) in [4.78, 5) is 38.0. The molecular formula is C29H29F3N6O4. The van der Waals surface area contributed by atoms with E-state index < -0.39 is 34.4 Å². The molecule has 13 heteroatoms. The van der Waals surface area contributed by atoms with Gasteiger partial charge in [-0.1, -0.05) is 6.92 Å². The Morgan fingerprint density at radius 3 is 2.57 bits per heavy atom. The maximum Gasteiger partial charge on any atom is 0.416 e. The number of anilines is 2. The van der Waals surface area contributed by atoms with Gasteiger partial charge in [0.2, 0.25) is 0 Å². The molecule has 0 aliphatic heterocycles. The smallest absolute Gasteiger partial charge is 0.416 e. The van der Waals surface area contributed by atoms with Crippen LogP contribution in [0.4, 0.5) is 24.8 Å². The van der Waals surface area contributed by atoms with Crippen LogP contribution in [-0.2, 0) is 16.4 Å². The minimum absolute atomic E-state index is 0.122. The Kier molecular flexibility index (Phi) is 7.07. The molecule has 3 aromatic heterocycles. The number of aliphatic carboxylic acids is 1. The minimum Gasteiger partial charge on any atom is -0.493 e. The highest BCUT2D eigenvalue weighted by molar-refractivity contribution is 6.04. The number of hydrogen-bond donors (Lipinski definition) is 3. The van der Waals surface area contributed by atoms with Gasteiger partial charge in [0, 0.05) is 35.1 Å². The maximum atomic E-state index is 13.1. The van der Waals surface area contributed by atoms with Crippen LogP contribution in [0.25, 0.3) is 16.8 Å². The van der Waals surface area contributed by atoms with Gasteiger partial charge in [-0.05, 0) is 63.4 Å². The first-order valence-corrected chi connectivity index (χ1v) is 13.2. The molecule has 1 amide bonds. The molecule has 10 nitrogen and oxygen atoms in total. The lowest BCUT2D eigenvalue weighted by atomic mass is 9.81. The van der Waals surface area contributed by atoms with Gasteiger partial charge < -0.3 is 20.9 Å². The molecule has 0 saturated heterocycles. The molecule has 4 aromatic rings. The van der Waals surface area contributed by atoms with Crippen LogP contribution in [0.2, 0.25) is 0 Å². The number of hydrogen-bond acceptors (Lipinski definition) is 7. The molecular weight excluding hydrogens is 553 g/mol.